The molecule has 0 aromatic heterocycles. The molecule has 0 bridgehead atoms. The molecule has 1 aliphatic heterocycles. The van der Waals surface area contributed by atoms with Gasteiger partial charge >= 0.3 is 0 Å². The monoisotopic (exact) mass is 301 g/mol. The van der Waals surface area contributed by atoms with Crippen LogP contribution in [0.25, 0.3) is 0 Å². The number of nitro benzene ring substituents is 1. The van der Waals surface area contributed by atoms with Gasteiger partial charge in [-0.1, -0.05) is 6.07 Å². The van der Waals surface area contributed by atoms with Crippen molar-refractivity contribution in [2.24, 2.45) is 0 Å². The summed E-state index contributed by atoms with van der Waals surface area (Å²) in [6.45, 7) is -0.585. The maximum atomic E-state index is 10.7. The van der Waals surface area contributed by atoms with Crippen LogP contribution in [-0.4, -0.2) is 62.7 Å². The minimum atomic E-state index is -1.60. The second-order valence-corrected chi connectivity index (χ2v) is 4.57. The van der Waals surface area contributed by atoms with Crippen LogP contribution >= 0.6 is 0 Å². The van der Waals surface area contributed by atoms with Crippen LogP contribution in [0, 0.1) is 10.1 Å². The molecule has 1 aromatic carbocycles. The SMILES string of the molecule is O=[N+]([O-])c1cccc(O[C@@H]2[C@@H](O)[C@@H](O)[C@@H](CO)O[C@H]2O)c1. The molecular weight excluding hydrogens is 286 g/mol. The molecule has 4 N–H and O–H groups in total. The Balaban J connectivity index is 2.15. The molecule has 9 nitrogen and oxygen atoms in total. The van der Waals surface area contributed by atoms with E-state index >= 15 is 0 Å². The summed E-state index contributed by atoms with van der Waals surface area (Å²) in [5, 5.41) is 49.0. The van der Waals surface area contributed by atoms with Gasteiger partial charge in [0.25, 0.3) is 5.69 Å². The zero-order valence-electron chi connectivity index (χ0n) is 10.8. The number of ether oxygens (including phenoxy) is 2. The fourth-order valence-corrected chi connectivity index (χ4v) is 2.03. The normalized spacial score (nSPS) is 32.7. The number of benzene rings is 1. The Hall–Kier alpha value is -1.78. The van der Waals surface area contributed by atoms with Crippen molar-refractivity contribution < 1.29 is 34.8 Å². The average molecular weight is 301 g/mol. The first kappa shape index (κ1) is 15.6. The number of non-ortho nitro benzene ring substituents is 1. The molecule has 2 rings (SSSR count). The summed E-state index contributed by atoms with van der Waals surface area (Å²) in [5.41, 5.74) is -0.220. The van der Waals surface area contributed by atoms with Crippen LogP contribution in [0.2, 0.25) is 0 Å². The van der Waals surface area contributed by atoms with Gasteiger partial charge in [0.2, 0.25) is 0 Å². The summed E-state index contributed by atoms with van der Waals surface area (Å²) in [4.78, 5) is 10.0. The Kier molecular flexibility index (Phi) is 4.70. The summed E-state index contributed by atoms with van der Waals surface area (Å²) in [6, 6.07) is 5.15. The van der Waals surface area contributed by atoms with E-state index in [1.807, 2.05) is 0 Å². The molecule has 1 aliphatic rings. The highest BCUT2D eigenvalue weighted by Crippen LogP contribution is 2.26. The molecule has 21 heavy (non-hydrogen) atoms. The lowest BCUT2D eigenvalue weighted by molar-refractivity contribution is -0.385. The zero-order valence-corrected chi connectivity index (χ0v) is 10.8. The summed E-state index contributed by atoms with van der Waals surface area (Å²) < 4.78 is 10.2. The van der Waals surface area contributed by atoms with Crippen molar-refractivity contribution in [2.75, 3.05) is 6.61 Å². The Morgan fingerprint density at radius 2 is 2.00 bits per heavy atom. The van der Waals surface area contributed by atoms with Gasteiger partial charge in [-0.05, 0) is 6.07 Å². The fraction of sp³-hybridized carbons (Fsp3) is 0.500. The molecule has 0 spiro atoms. The minimum absolute atomic E-state index is 0.0329. The van der Waals surface area contributed by atoms with Gasteiger partial charge in [0.05, 0.1) is 17.6 Å². The molecule has 0 unspecified atom stereocenters. The van der Waals surface area contributed by atoms with Crippen LogP contribution in [0.5, 0.6) is 5.75 Å². The van der Waals surface area contributed by atoms with Gasteiger partial charge < -0.3 is 29.9 Å². The molecule has 116 valence electrons. The topological polar surface area (TPSA) is 143 Å². The largest absolute Gasteiger partial charge is 0.482 e. The van der Waals surface area contributed by atoms with Gasteiger partial charge in [-0.15, -0.1) is 0 Å². The van der Waals surface area contributed by atoms with E-state index in [1.165, 1.54) is 18.2 Å². The van der Waals surface area contributed by atoms with Gasteiger partial charge in [-0.3, -0.25) is 10.1 Å². The van der Waals surface area contributed by atoms with Crippen LogP contribution in [-0.2, 0) is 4.74 Å². The molecule has 0 amide bonds. The fourth-order valence-electron chi connectivity index (χ4n) is 2.03. The van der Waals surface area contributed by atoms with Crippen LogP contribution in [0.15, 0.2) is 24.3 Å². The van der Waals surface area contributed by atoms with E-state index in [0.29, 0.717) is 0 Å². The van der Waals surface area contributed by atoms with Crippen molar-refractivity contribution >= 4 is 5.69 Å². The molecule has 0 saturated carbocycles. The highest BCUT2D eigenvalue weighted by atomic mass is 16.7. The molecule has 0 radical (unpaired) electrons. The lowest BCUT2D eigenvalue weighted by atomic mass is 9.99. The first-order chi connectivity index (χ1) is 9.93. The molecule has 0 aliphatic carbocycles. The average Bonchev–Trinajstić information content (AvgIpc) is 2.47. The quantitative estimate of drug-likeness (QED) is 0.400. The minimum Gasteiger partial charge on any atom is -0.482 e. The maximum Gasteiger partial charge on any atom is 0.273 e. The van der Waals surface area contributed by atoms with Crippen molar-refractivity contribution in [3.8, 4) is 5.75 Å². The third-order valence-corrected chi connectivity index (χ3v) is 3.14. The number of nitrogens with zero attached hydrogens (tertiary/aromatic N) is 1. The molecule has 5 atom stereocenters. The second kappa shape index (κ2) is 6.33. The predicted octanol–water partition coefficient (Wildman–Crippen LogP) is -1.23. The van der Waals surface area contributed by atoms with Crippen LogP contribution in [0.3, 0.4) is 0 Å². The lowest BCUT2D eigenvalue weighted by Gasteiger charge is -2.39. The number of hydrogen-bond donors (Lipinski definition) is 4. The van der Waals surface area contributed by atoms with Crippen molar-refractivity contribution in [3.63, 3.8) is 0 Å². The standard InChI is InChI=1S/C12H15NO8/c14-5-8-9(15)10(16)11(12(17)21-8)20-7-3-1-2-6(4-7)13(18)19/h1-4,8-12,14-17H,5H2/t8-,9+,10+,11-,12-/m1/s1. The number of aliphatic hydroxyl groups is 4. The summed E-state index contributed by atoms with van der Waals surface area (Å²) >= 11 is 0. The van der Waals surface area contributed by atoms with E-state index < -0.39 is 42.2 Å². The zero-order chi connectivity index (χ0) is 15.6. The van der Waals surface area contributed by atoms with E-state index in [1.54, 1.807) is 0 Å². The molecule has 1 fully saturated rings. The van der Waals surface area contributed by atoms with E-state index in [9.17, 15) is 25.4 Å². The first-order valence-corrected chi connectivity index (χ1v) is 6.15. The molecule has 9 heteroatoms. The van der Waals surface area contributed by atoms with Crippen molar-refractivity contribution in [1.82, 2.24) is 0 Å². The molecule has 1 heterocycles. The predicted molar refractivity (Wildman–Crippen MR) is 67.5 cm³/mol. The van der Waals surface area contributed by atoms with Gasteiger partial charge in [0.15, 0.2) is 12.4 Å². The van der Waals surface area contributed by atoms with Crippen molar-refractivity contribution in [1.29, 1.82) is 0 Å². The Bertz CT molecular complexity index is 510. The smallest absolute Gasteiger partial charge is 0.273 e. The molecule has 1 aromatic rings. The summed E-state index contributed by atoms with van der Waals surface area (Å²) in [7, 11) is 0. The summed E-state index contributed by atoms with van der Waals surface area (Å²) in [6.07, 6.45) is -7.06. The lowest BCUT2D eigenvalue weighted by Crippen LogP contribution is -2.60. The van der Waals surface area contributed by atoms with Gasteiger partial charge in [0.1, 0.15) is 24.1 Å². The highest BCUT2D eigenvalue weighted by molar-refractivity contribution is 5.38. The third kappa shape index (κ3) is 3.28. The Labute approximate surface area is 119 Å². The van der Waals surface area contributed by atoms with Gasteiger partial charge in [-0.2, -0.15) is 0 Å². The number of hydrogen-bond acceptors (Lipinski definition) is 8. The molecular formula is C12H15NO8. The third-order valence-electron chi connectivity index (χ3n) is 3.14. The molecule has 1 saturated heterocycles. The number of nitro groups is 1. The van der Waals surface area contributed by atoms with Crippen molar-refractivity contribution in [2.45, 2.75) is 30.7 Å². The Morgan fingerprint density at radius 1 is 1.29 bits per heavy atom. The number of rotatable bonds is 4. The van der Waals surface area contributed by atoms with Crippen molar-refractivity contribution in [3.05, 3.63) is 34.4 Å². The van der Waals surface area contributed by atoms with E-state index in [-0.39, 0.29) is 11.4 Å². The van der Waals surface area contributed by atoms with Gasteiger partial charge in [-0.25, -0.2) is 0 Å². The Morgan fingerprint density at radius 3 is 2.62 bits per heavy atom. The highest BCUT2D eigenvalue weighted by Gasteiger charge is 2.45. The second-order valence-electron chi connectivity index (χ2n) is 4.57. The number of aliphatic hydroxyl groups excluding tert-OH is 4. The van der Waals surface area contributed by atoms with E-state index in [0.717, 1.165) is 6.07 Å². The van der Waals surface area contributed by atoms with Crippen LogP contribution in [0.1, 0.15) is 0 Å². The van der Waals surface area contributed by atoms with Crippen LogP contribution in [0.4, 0.5) is 5.69 Å². The van der Waals surface area contributed by atoms with Gasteiger partial charge in [0, 0.05) is 6.07 Å². The van der Waals surface area contributed by atoms with E-state index in [2.05, 4.69) is 0 Å². The maximum absolute atomic E-state index is 10.7. The van der Waals surface area contributed by atoms with E-state index in [4.69, 9.17) is 14.6 Å². The summed E-state index contributed by atoms with van der Waals surface area (Å²) in [5.74, 6) is 0.0329. The first-order valence-electron chi connectivity index (χ1n) is 6.15. The van der Waals surface area contributed by atoms with Crippen LogP contribution < -0.4 is 4.74 Å².